The summed E-state index contributed by atoms with van der Waals surface area (Å²) in [6, 6.07) is -0.709. The Labute approximate surface area is 145 Å². The predicted octanol–water partition coefficient (Wildman–Crippen LogP) is 2.71. The monoisotopic (exact) mass is 368 g/mol. The lowest BCUT2D eigenvalue weighted by Crippen LogP contribution is -2.31. The number of aromatic nitrogens is 5. The predicted molar refractivity (Wildman–Crippen MR) is 84.0 cm³/mol. The third-order valence-corrected chi connectivity index (χ3v) is 3.65. The van der Waals surface area contributed by atoms with E-state index in [1.807, 2.05) is 0 Å². The number of rotatable bonds is 5. The van der Waals surface area contributed by atoms with Crippen LogP contribution in [0.3, 0.4) is 0 Å². The molecule has 0 bridgehead atoms. The summed E-state index contributed by atoms with van der Waals surface area (Å²) in [7, 11) is 1.55. The van der Waals surface area contributed by atoms with Gasteiger partial charge in [-0.15, -0.1) is 0 Å². The van der Waals surface area contributed by atoms with Gasteiger partial charge in [0.2, 0.25) is 11.8 Å². The van der Waals surface area contributed by atoms with Crippen LogP contribution in [0.4, 0.5) is 19.0 Å². The zero-order valence-electron chi connectivity index (χ0n) is 13.9. The topological polar surface area (TPSA) is 90.8 Å². The first-order valence-electron chi connectivity index (χ1n) is 7.56. The largest absolute Gasteiger partial charge is 0.441 e. The molecule has 0 fully saturated rings. The molecular formula is C15H15F3N6O2. The van der Waals surface area contributed by atoms with E-state index in [1.165, 1.54) is 29.3 Å². The molecule has 8 nitrogen and oxygen atoms in total. The van der Waals surface area contributed by atoms with Crippen LogP contribution in [-0.2, 0) is 11.8 Å². The van der Waals surface area contributed by atoms with Crippen molar-refractivity contribution in [3.63, 3.8) is 0 Å². The minimum atomic E-state index is -4.63. The molecule has 1 atom stereocenters. The molecule has 11 heteroatoms. The van der Waals surface area contributed by atoms with Crippen molar-refractivity contribution >= 4 is 11.7 Å². The van der Waals surface area contributed by atoms with Gasteiger partial charge in [-0.25, -0.2) is 4.98 Å². The molecule has 3 aromatic heterocycles. The highest BCUT2D eigenvalue weighted by molar-refractivity contribution is 5.93. The van der Waals surface area contributed by atoms with E-state index in [2.05, 4.69) is 20.5 Å². The summed E-state index contributed by atoms with van der Waals surface area (Å²) in [4.78, 5) is 16.3. The standard InChI is InChI=1S/C15H15F3N6O2/c1-9-7-19-14(26-9)10-8-21-23(2)13(10)22-12(25)6-11(15(16,17)18)24-5-3-4-20-24/h3-5,7-8,11H,6H2,1-2H3,(H,22,25). The quantitative estimate of drug-likeness (QED) is 0.748. The van der Waals surface area contributed by atoms with Crippen LogP contribution in [0.5, 0.6) is 0 Å². The van der Waals surface area contributed by atoms with Gasteiger partial charge in [0.1, 0.15) is 11.6 Å². The van der Waals surface area contributed by atoms with Crippen LogP contribution in [0.15, 0.2) is 35.3 Å². The Morgan fingerprint density at radius 1 is 1.35 bits per heavy atom. The zero-order chi connectivity index (χ0) is 18.9. The lowest BCUT2D eigenvalue weighted by atomic mass is 10.2. The summed E-state index contributed by atoms with van der Waals surface area (Å²) in [6.45, 7) is 1.70. The maximum atomic E-state index is 13.3. The van der Waals surface area contributed by atoms with Crippen molar-refractivity contribution in [2.75, 3.05) is 5.32 Å². The van der Waals surface area contributed by atoms with E-state index in [9.17, 15) is 18.0 Å². The molecule has 0 aromatic carbocycles. The molecule has 0 aliphatic carbocycles. The van der Waals surface area contributed by atoms with Crippen LogP contribution in [0, 0.1) is 6.92 Å². The molecular weight excluding hydrogens is 353 g/mol. The van der Waals surface area contributed by atoms with Gasteiger partial charge < -0.3 is 9.73 Å². The maximum absolute atomic E-state index is 13.3. The highest BCUT2D eigenvalue weighted by Gasteiger charge is 2.43. The van der Waals surface area contributed by atoms with E-state index in [0.717, 1.165) is 6.20 Å². The van der Waals surface area contributed by atoms with Crippen LogP contribution in [0.2, 0.25) is 0 Å². The molecule has 3 rings (SSSR count). The Morgan fingerprint density at radius 3 is 2.69 bits per heavy atom. The minimum absolute atomic E-state index is 0.193. The van der Waals surface area contributed by atoms with Gasteiger partial charge in [-0.05, 0) is 13.0 Å². The lowest BCUT2D eigenvalue weighted by Gasteiger charge is -2.20. The molecule has 1 N–H and O–H groups in total. The number of anilines is 1. The van der Waals surface area contributed by atoms with Gasteiger partial charge in [-0.1, -0.05) is 0 Å². The number of nitrogens with one attached hydrogen (secondary N) is 1. The van der Waals surface area contributed by atoms with Gasteiger partial charge in [-0.3, -0.25) is 14.2 Å². The lowest BCUT2D eigenvalue weighted by molar-refractivity contribution is -0.174. The van der Waals surface area contributed by atoms with Gasteiger partial charge in [0.05, 0.1) is 24.4 Å². The fourth-order valence-corrected chi connectivity index (χ4v) is 2.40. The first-order valence-corrected chi connectivity index (χ1v) is 7.56. The first-order chi connectivity index (χ1) is 12.3. The first kappa shape index (κ1) is 17.7. The molecule has 3 aromatic rings. The van der Waals surface area contributed by atoms with Crippen molar-refractivity contribution in [2.24, 2.45) is 7.05 Å². The van der Waals surface area contributed by atoms with Gasteiger partial charge in [0.25, 0.3) is 0 Å². The highest BCUT2D eigenvalue weighted by Crippen LogP contribution is 2.33. The van der Waals surface area contributed by atoms with Crippen molar-refractivity contribution in [1.29, 1.82) is 0 Å². The van der Waals surface area contributed by atoms with Crippen LogP contribution < -0.4 is 5.32 Å². The molecule has 1 unspecified atom stereocenters. The Bertz CT molecular complexity index is 897. The number of oxazole rings is 1. The molecule has 0 saturated carbocycles. The molecule has 0 radical (unpaired) electrons. The van der Waals surface area contributed by atoms with E-state index in [1.54, 1.807) is 14.0 Å². The van der Waals surface area contributed by atoms with Crippen LogP contribution in [-0.4, -0.2) is 36.6 Å². The number of hydrogen-bond donors (Lipinski definition) is 1. The highest BCUT2D eigenvalue weighted by atomic mass is 19.4. The number of amides is 1. The third kappa shape index (κ3) is 3.60. The second-order valence-electron chi connectivity index (χ2n) is 5.60. The Kier molecular flexibility index (Phi) is 4.53. The van der Waals surface area contributed by atoms with Crippen LogP contribution >= 0.6 is 0 Å². The average Bonchev–Trinajstić information content (AvgIpc) is 3.27. The van der Waals surface area contributed by atoms with E-state index in [-0.39, 0.29) is 11.7 Å². The number of carbonyl (C=O) groups excluding carboxylic acids is 1. The third-order valence-electron chi connectivity index (χ3n) is 3.65. The van der Waals surface area contributed by atoms with Crippen molar-refractivity contribution in [3.8, 4) is 11.5 Å². The second-order valence-corrected chi connectivity index (χ2v) is 5.60. The second kappa shape index (κ2) is 6.65. The van der Waals surface area contributed by atoms with E-state index in [0.29, 0.717) is 16.0 Å². The molecule has 138 valence electrons. The van der Waals surface area contributed by atoms with Gasteiger partial charge in [0, 0.05) is 19.4 Å². The molecule has 0 aliphatic heterocycles. The molecule has 1 amide bonds. The van der Waals surface area contributed by atoms with Crippen LogP contribution in [0.1, 0.15) is 18.2 Å². The molecule has 3 heterocycles. The number of nitrogens with zero attached hydrogens (tertiary/aromatic N) is 5. The van der Waals surface area contributed by atoms with Gasteiger partial charge in [-0.2, -0.15) is 23.4 Å². The average molecular weight is 368 g/mol. The summed E-state index contributed by atoms with van der Waals surface area (Å²) < 4.78 is 47.2. The summed E-state index contributed by atoms with van der Waals surface area (Å²) in [5.74, 6) is 0.122. The smallest absolute Gasteiger partial charge is 0.411 e. The summed E-state index contributed by atoms with van der Waals surface area (Å²) in [6.07, 6.45) is -0.170. The Morgan fingerprint density at radius 2 is 2.12 bits per heavy atom. The summed E-state index contributed by atoms with van der Waals surface area (Å²) in [5, 5.41) is 10.0. The van der Waals surface area contributed by atoms with E-state index >= 15 is 0 Å². The van der Waals surface area contributed by atoms with Crippen molar-refractivity contribution in [2.45, 2.75) is 25.6 Å². The number of carbonyl (C=O) groups is 1. The Hall–Kier alpha value is -3.11. The minimum Gasteiger partial charge on any atom is -0.441 e. The van der Waals surface area contributed by atoms with Crippen molar-refractivity contribution in [3.05, 3.63) is 36.6 Å². The number of aryl methyl sites for hydroxylation is 2. The molecule has 26 heavy (non-hydrogen) atoms. The summed E-state index contributed by atoms with van der Waals surface area (Å²) in [5.41, 5.74) is 0.372. The molecule has 0 aliphatic rings. The Balaban J connectivity index is 1.81. The van der Waals surface area contributed by atoms with Crippen LogP contribution in [0.25, 0.3) is 11.5 Å². The van der Waals surface area contributed by atoms with Gasteiger partial charge >= 0.3 is 6.18 Å². The molecule has 0 spiro atoms. The summed E-state index contributed by atoms with van der Waals surface area (Å²) >= 11 is 0. The number of alkyl halides is 3. The molecule has 0 saturated heterocycles. The van der Waals surface area contributed by atoms with Crippen molar-refractivity contribution < 1.29 is 22.4 Å². The fourth-order valence-electron chi connectivity index (χ4n) is 2.40. The van der Waals surface area contributed by atoms with Crippen molar-refractivity contribution in [1.82, 2.24) is 24.5 Å². The number of hydrogen-bond acceptors (Lipinski definition) is 5. The maximum Gasteiger partial charge on any atom is 0.411 e. The number of halogens is 3. The van der Waals surface area contributed by atoms with E-state index < -0.39 is 24.5 Å². The SMILES string of the molecule is Cc1cnc(-c2cnn(C)c2NC(=O)CC(n2cccn2)C(F)(F)F)o1. The van der Waals surface area contributed by atoms with Gasteiger partial charge in [0.15, 0.2) is 6.04 Å². The zero-order valence-corrected chi connectivity index (χ0v) is 13.9. The van der Waals surface area contributed by atoms with E-state index in [4.69, 9.17) is 4.42 Å². The fraction of sp³-hybridized carbons (Fsp3) is 0.333. The normalized spacial score (nSPS) is 13.0.